The summed E-state index contributed by atoms with van der Waals surface area (Å²) < 4.78 is 5.31. The minimum atomic E-state index is -0.976. The first kappa shape index (κ1) is 16.9. The third-order valence-electron chi connectivity index (χ3n) is 2.34. The summed E-state index contributed by atoms with van der Waals surface area (Å²) in [4.78, 5) is 22.5. The largest absolute Gasteiger partial charge is 0.480 e. The Morgan fingerprint density at radius 3 is 2.28 bits per heavy atom. The fraction of sp³-hybridized carbons (Fsp3) is 0.846. The van der Waals surface area contributed by atoms with Crippen LogP contribution in [0.1, 0.15) is 47.0 Å². The van der Waals surface area contributed by atoms with E-state index in [1.807, 2.05) is 27.7 Å². The number of nitrogens with one attached hydrogen (secondary N) is 1. The number of carboxylic acids is 1. The first-order valence-electron chi connectivity index (χ1n) is 6.46. The molecule has 0 radical (unpaired) electrons. The first-order chi connectivity index (χ1) is 8.32. The number of aliphatic carboxylic acids is 1. The maximum absolute atomic E-state index is 11.6. The maximum Gasteiger partial charge on any atom is 0.326 e. The molecule has 18 heavy (non-hydrogen) atoms. The van der Waals surface area contributed by atoms with Gasteiger partial charge in [-0.15, -0.1) is 0 Å². The van der Waals surface area contributed by atoms with E-state index in [-0.39, 0.29) is 17.9 Å². The molecule has 5 heteroatoms. The Bertz CT molecular complexity index is 264. The molecule has 1 atom stereocenters. The van der Waals surface area contributed by atoms with Gasteiger partial charge in [-0.3, -0.25) is 4.79 Å². The lowest BCUT2D eigenvalue weighted by Gasteiger charge is -2.16. The number of hydrogen-bond donors (Lipinski definition) is 2. The van der Waals surface area contributed by atoms with Crippen LogP contribution >= 0.6 is 0 Å². The topological polar surface area (TPSA) is 75.6 Å². The molecule has 0 saturated heterocycles. The Kier molecular flexibility index (Phi) is 8.37. The first-order valence-corrected chi connectivity index (χ1v) is 6.46. The van der Waals surface area contributed by atoms with Crippen molar-refractivity contribution in [3.8, 4) is 0 Å². The van der Waals surface area contributed by atoms with Crippen LogP contribution in [0.4, 0.5) is 0 Å². The van der Waals surface area contributed by atoms with E-state index in [4.69, 9.17) is 9.84 Å². The van der Waals surface area contributed by atoms with E-state index in [2.05, 4.69) is 5.32 Å². The van der Waals surface area contributed by atoms with Crippen LogP contribution in [-0.4, -0.2) is 35.7 Å². The normalized spacial score (nSPS) is 12.8. The molecule has 0 aromatic carbocycles. The third-order valence-corrected chi connectivity index (χ3v) is 2.34. The predicted octanol–water partition coefficient (Wildman–Crippen LogP) is 1.81. The number of rotatable bonds is 9. The van der Waals surface area contributed by atoms with Crippen molar-refractivity contribution >= 4 is 11.9 Å². The average molecular weight is 259 g/mol. The molecule has 0 bridgehead atoms. The van der Waals surface area contributed by atoms with Crippen molar-refractivity contribution in [1.29, 1.82) is 0 Å². The van der Waals surface area contributed by atoms with E-state index in [0.29, 0.717) is 25.9 Å². The summed E-state index contributed by atoms with van der Waals surface area (Å²) in [7, 11) is 0. The zero-order chi connectivity index (χ0) is 14.1. The molecule has 0 aliphatic rings. The Balaban J connectivity index is 3.92. The van der Waals surface area contributed by atoms with E-state index < -0.39 is 12.0 Å². The second kappa shape index (κ2) is 8.91. The fourth-order valence-corrected chi connectivity index (χ4v) is 1.51. The summed E-state index contributed by atoms with van der Waals surface area (Å²) in [6.07, 6.45) is 1.51. The lowest BCUT2D eigenvalue weighted by atomic mass is 10.0. The summed E-state index contributed by atoms with van der Waals surface area (Å²) >= 11 is 0. The van der Waals surface area contributed by atoms with Gasteiger partial charge in [-0.1, -0.05) is 13.8 Å². The Morgan fingerprint density at radius 1 is 1.22 bits per heavy atom. The van der Waals surface area contributed by atoms with E-state index >= 15 is 0 Å². The van der Waals surface area contributed by atoms with E-state index in [1.165, 1.54) is 0 Å². The molecule has 0 unspecified atom stereocenters. The van der Waals surface area contributed by atoms with E-state index in [1.54, 1.807) is 0 Å². The van der Waals surface area contributed by atoms with Gasteiger partial charge in [0.25, 0.3) is 0 Å². The highest BCUT2D eigenvalue weighted by atomic mass is 16.5. The van der Waals surface area contributed by atoms with Gasteiger partial charge in [-0.25, -0.2) is 4.79 Å². The zero-order valence-electron chi connectivity index (χ0n) is 11.7. The smallest absolute Gasteiger partial charge is 0.326 e. The maximum atomic E-state index is 11.6. The lowest BCUT2D eigenvalue weighted by Crippen LogP contribution is -2.41. The molecule has 0 aliphatic carbocycles. The SMILES string of the molecule is CC(C)C[C@@H](NC(=O)CCCOC(C)C)C(=O)O. The van der Waals surface area contributed by atoms with Gasteiger partial charge in [0, 0.05) is 13.0 Å². The van der Waals surface area contributed by atoms with Crippen molar-refractivity contribution in [3.63, 3.8) is 0 Å². The summed E-state index contributed by atoms with van der Waals surface area (Å²) in [6, 6.07) is -0.788. The summed E-state index contributed by atoms with van der Waals surface area (Å²) in [5.41, 5.74) is 0. The second-order valence-electron chi connectivity index (χ2n) is 5.11. The minimum Gasteiger partial charge on any atom is -0.480 e. The molecule has 0 aromatic heterocycles. The monoisotopic (exact) mass is 259 g/mol. The number of hydrogen-bond acceptors (Lipinski definition) is 3. The lowest BCUT2D eigenvalue weighted by molar-refractivity contribution is -0.142. The van der Waals surface area contributed by atoms with Gasteiger partial charge in [0.05, 0.1) is 6.10 Å². The number of amides is 1. The molecule has 106 valence electrons. The van der Waals surface area contributed by atoms with Crippen LogP contribution in [-0.2, 0) is 14.3 Å². The van der Waals surface area contributed by atoms with Gasteiger partial charge in [0.1, 0.15) is 6.04 Å². The molecular formula is C13H25NO4. The van der Waals surface area contributed by atoms with Crippen molar-refractivity contribution in [2.75, 3.05) is 6.61 Å². The van der Waals surface area contributed by atoms with Crippen molar-refractivity contribution in [2.45, 2.75) is 59.1 Å². The van der Waals surface area contributed by atoms with Gasteiger partial charge >= 0.3 is 5.97 Å². The number of carboxylic acid groups (broad SMARTS) is 1. The van der Waals surface area contributed by atoms with Gasteiger partial charge in [0.15, 0.2) is 0 Å². The van der Waals surface area contributed by atoms with Crippen molar-refractivity contribution < 1.29 is 19.4 Å². The quantitative estimate of drug-likeness (QED) is 0.619. The Labute approximate surface area is 109 Å². The van der Waals surface area contributed by atoms with Crippen molar-refractivity contribution in [3.05, 3.63) is 0 Å². The third kappa shape index (κ3) is 8.98. The average Bonchev–Trinajstić information content (AvgIpc) is 2.22. The van der Waals surface area contributed by atoms with Crippen LogP contribution in [0.15, 0.2) is 0 Å². The second-order valence-corrected chi connectivity index (χ2v) is 5.11. The zero-order valence-corrected chi connectivity index (χ0v) is 11.7. The molecule has 0 rings (SSSR count). The van der Waals surface area contributed by atoms with Crippen LogP contribution in [0.5, 0.6) is 0 Å². The van der Waals surface area contributed by atoms with Crippen LogP contribution in [0.3, 0.4) is 0 Å². The molecule has 0 aromatic rings. The van der Waals surface area contributed by atoms with Crippen molar-refractivity contribution in [2.24, 2.45) is 5.92 Å². The molecule has 2 N–H and O–H groups in total. The van der Waals surface area contributed by atoms with E-state index in [0.717, 1.165) is 0 Å². The molecule has 1 amide bonds. The molecule has 0 saturated carbocycles. The van der Waals surface area contributed by atoms with Gasteiger partial charge in [-0.2, -0.15) is 0 Å². The molecule has 0 spiro atoms. The van der Waals surface area contributed by atoms with Gasteiger partial charge in [-0.05, 0) is 32.6 Å². The summed E-state index contributed by atoms with van der Waals surface area (Å²) in [5.74, 6) is -0.971. The fourth-order valence-electron chi connectivity index (χ4n) is 1.51. The standard InChI is InChI=1S/C13H25NO4/c1-9(2)8-11(13(16)17)14-12(15)6-5-7-18-10(3)4/h9-11H,5-8H2,1-4H3,(H,14,15)(H,16,17)/t11-/m1/s1. The van der Waals surface area contributed by atoms with Crippen LogP contribution < -0.4 is 5.32 Å². The van der Waals surface area contributed by atoms with Crippen LogP contribution in [0.2, 0.25) is 0 Å². The highest BCUT2D eigenvalue weighted by Crippen LogP contribution is 2.05. The summed E-state index contributed by atoms with van der Waals surface area (Å²) in [5, 5.41) is 11.5. The Hall–Kier alpha value is -1.10. The highest BCUT2D eigenvalue weighted by Gasteiger charge is 2.20. The van der Waals surface area contributed by atoms with E-state index in [9.17, 15) is 9.59 Å². The van der Waals surface area contributed by atoms with Gasteiger partial charge in [0.2, 0.25) is 5.91 Å². The summed E-state index contributed by atoms with van der Waals surface area (Å²) in [6.45, 7) is 8.25. The predicted molar refractivity (Wildman–Crippen MR) is 69.3 cm³/mol. The minimum absolute atomic E-state index is 0.153. The van der Waals surface area contributed by atoms with Crippen molar-refractivity contribution in [1.82, 2.24) is 5.32 Å². The number of carbonyl (C=O) groups is 2. The number of ether oxygens (including phenoxy) is 1. The molecule has 0 fully saturated rings. The van der Waals surface area contributed by atoms with Crippen LogP contribution in [0.25, 0.3) is 0 Å². The highest BCUT2D eigenvalue weighted by molar-refractivity contribution is 5.83. The molecular weight excluding hydrogens is 234 g/mol. The van der Waals surface area contributed by atoms with Gasteiger partial charge < -0.3 is 15.2 Å². The number of carbonyl (C=O) groups excluding carboxylic acids is 1. The van der Waals surface area contributed by atoms with Crippen LogP contribution in [0, 0.1) is 5.92 Å². The molecule has 5 nitrogen and oxygen atoms in total. The Morgan fingerprint density at radius 2 is 1.83 bits per heavy atom. The molecule has 0 heterocycles. The molecule has 0 aliphatic heterocycles.